The highest BCUT2D eigenvalue weighted by molar-refractivity contribution is 7.80. The van der Waals surface area contributed by atoms with E-state index in [-0.39, 0.29) is 6.54 Å². The maximum atomic E-state index is 12.3. The van der Waals surface area contributed by atoms with E-state index in [0.29, 0.717) is 23.7 Å². The van der Waals surface area contributed by atoms with Gasteiger partial charge < -0.3 is 10.1 Å². The Hall–Kier alpha value is -3.16. The van der Waals surface area contributed by atoms with Gasteiger partial charge in [-0.05, 0) is 48.9 Å². The number of hydrogen-bond acceptors (Lipinski definition) is 3. The number of aryl methyl sites for hydroxylation is 1. The fourth-order valence-electron chi connectivity index (χ4n) is 2.65. The number of nitrogens with zero attached hydrogens (tertiary/aromatic N) is 1. The topological polar surface area (TPSA) is 78.9 Å². The fourth-order valence-corrected chi connectivity index (χ4v) is 3.18. The highest BCUT2D eigenvalue weighted by Crippen LogP contribution is 2.19. The van der Waals surface area contributed by atoms with E-state index in [0.717, 1.165) is 15.4 Å². The summed E-state index contributed by atoms with van der Waals surface area (Å²) in [5.74, 6) is 0.288. The van der Waals surface area contributed by atoms with Crippen molar-refractivity contribution in [3.05, 3.63) is 90.0 Å². The van der Waals surface area contributed by atoms with Crippen molar-refractivity contribution in [2.24, 2.45) is 0 Å². The molecule has 0 aliphatic rings. The molecule has 0 bridgehead atoms. The van der Waals surface area contributed by atoms with Crippen molar-refractivity contribution < 1.29 is 18.3 Å². The number of ether oxygens (including phenoxy) is 1. The Morgan fingerprint density at radius 3 is 2.28 bits per heavy atom. The Labute approximate surface area is 172 Å². The molecule has 0 heterocycles. The summed E-state index contributed by atoms with van der Waals surface area (Å²) < 4.78 is 28.0. The molecule has 1 unspecified atom stereocenters. The Morgan fingerprint density at radius 1 is 1.00 bits per heavy atom. The van der Waals surface area contributed by atoms with Crippen LogP contribution in [0.2, 0.25) is 0 Å². The van der Waals surface area contributed by atoms with E-state index in [4.69, 9.17) is 4.74 Å². The molecule has 0 saturated carbocycles. The lowest BCUT2D eigenvalue weighted by molar-refractivity contribution is -0.114. The molecule has 0 saturated heterocycles. The Bertz CT molecular complexity index is 960. The van der Waals surface area contributed by atoms with Gasteiger partial charge in [0.25, 0.3) is 11.3 Å². The van der Waals surface area contributed by atoms with Gasteiger partial charge in [0, 0.05) is 5.69 Å². The predicted octanol–water partition coefficient (Wildman–Crippen LogP) is 4.16. The van der Waals surface area contributed by atoms with Crippen LogP contribution in [-0.2, 0) is 22.7 Å². The molecule has 0 spiro atoms. The molecule has 2 N–H and O–H groups in total. The lowest BCUT2D eigenvalue weighted by atomic mass is 10.2. The molecule has 0 aliphatic heterocycles. The van der Waals surface area contributed by atoms with Crippen molar-refractivity contribution in [3.8, 4) is 5.75 Å². The molecule has 3 rings (SSSR count). The van der Waals surface area contributed by atoms with Crippen LogP contribution in [-0.4, -0.2) is 21.2 Å². The normalized spacial score (nSPS) is 11.5. The van der Waals surface area contributed by atoms with Crippen molar-refractivity contribution in [2.75, 3.05) is 16.2 Å². The first-order chi connectivity index (χ1) is 14.0. The monoisotopic (exact) mass is 410 g/mol. The summed E-state index contributed by atoms with van der Waals surface area (Å²) in [6, 6.07) is 23.9. The smallest absolute Gasteiger partial charge is 0.262 e. The van der Waals surface area contributed by atoms with Crippen LogP contribution in [0.1, 0.15) is 11.1 Å². The Morgan fingerprint density at radius 2 is 1.66 bits per heavy atom. The number of benzene rings is 3. The van der Waals surface area contributed by atoms with Crippen LogP contribution in [0, 0.1) is 6.92 Å². The average molecular weight is 410 g/mol. The standard InChI is InChI=1S/C22H22N2O4S/c1-17-7-11-20(12-8-17)24(29(26)27)15-22(25)23-19-9-13-21(14-10-19)28-16-18-5-3-2-4-6-18/h2-14H,15-16H2,1H3,(H,23,25)(H,26,27). The minimum atomic E-state index is -2.31. The lowest BCUT2D eigenvalue weighted by Crippen LogP contribution is -2.34. The summed E-state index contributed by atoms with van der Waals surface area (Å²) in [6.07, 6.45) is 0. The summed E-state index contributed by atoms with van der Waals surface area (Å²) in [7, 11) is 0. The predicted molar refractivity (Wildman–Crippen MR) is 115 cm³/mol. The first-order valence-electron chi connectivity index (χ1n) is 9.03. The minimum absolute atomic E-state index is 0.252. The highest BCUT2D eigenvalue weighted by atomic mass is 32.2. The number of carbonyl (C=O) groups excluding carboxylic acids is 1. The first kappa shape index (κ1) is 20.6. The van der Waals surface area contributed by atoms with Crippen LogP contribution in [0.25, 0.3) is 0 Å². The largest absolute Gasteiger partial charge is 0.489 e. The molecule has 150 valence electrons. The molecule has 3 aromatic rings. The van der Waals surface area contributed by atoms with E-state index in [9.17, 15) is 13.6 Å². The Kier molecular flexibility index (Phi) is 6.99. The molecule has 1 atom stereocenters. The SMILES string of the molecule is Cc1ccc(N(CC(=O)Nc2ccc(OCc3ccccc3)cc2)S(=O)O)cc1. The number of amides is 1. The zero-order valence-electron chi connectivity index (χ0n) is 15.9. The molecular formula is C22H22N2O4S. The van der Waals surface area contributed by atoms with Gasteiger partial charge in [0.05, 0.1) is 5.69 Å². The van der Waals surface area contributed by atoms with Crippen molar-refractivity contribution in [1.82, 2.24) is 0 Å². The number of hydrogen-bond donors (Lipinski definition) is 2. The summed E-state index contributed by atoms with van der Waals surface area (Å²) in [5.41, 5.74) is 3.17. The zero-order valence-corrected chi connectivity index (χ0v) is 16.8. The number of nitrogens with one attached hydrogen (secondary N) is 1. The molecule has 0 fully saturated rings. The lowest BCUT2D eigenvalue weighted by Gasteiger charge is -2.19. The van der Waals surface area contributed by atoms with Crippen molar-refractivity contribution in [2.45, 2.75) is 13.5 Å². The second kappa shape index (κ2) is 9.86. The van der Waals surface area contributed by atoms with E-state index in [1.165, 1.54) is 0 Å². The summed E-state index contributed by atoms with van der Waals surface area (Å²) >= 11 is -2.31. The molecule has 7 heteroatoms. The van der Waals surface area contributed by atoms with Gasteiger partial charge in [-0.1, -0.05) is 48.0 Å². The van der Waals surface area contributed by atoms with Gasteiger partial charge in [0.15, 0.2) is 0 Å². The summed E-state index contributed by atoms with van der Waals surface area (Å²) in [4.78, 5) is 12.3. The van der Waals surface area contributed by atoms with Crippen molar-refractivity contribution in [3.63, 3.8) is 0 Å². The second-order valence-electron chi connectivity index (χ2n) is 6.45. The fraction of sp³-hybridized carbons (Fsp3) is 0.136. The molecule has 0 radical (unpaired) electrons. The molecule has 6 nitrogen and oxygen atoms in total. The number of anilines is 2. The third-order valence-corrected chi connectivity index (χ3v) is 4.90. The van der Waals surface area contributed by atoms with Crippen LogP contribution >= 0.6 is 0 Å². The van der Waals surface area contributed by atoms with Crippen LogP contribution in [0.3, 0.4) is 0 Å². The van der Waals surface area contributed by atoms with Crippen LogP contribution in [0.15, 0.2) is 78.9 Å². The van der Waals surface area contributed by atoms with E-state index in [1.54, 1.807) is 36.4 Å². The molecule has 3 aromatic carbocycles. The van der Waals surface area contributed by atoms with Gasteiger partial charge in [-0.2, -0.15) is 0 Å². The number of rotatable bonds is 8. The summed E-state index contributed by atoms with van der Waals surface area (Å²) in [6.45, 7) is 2.13. The maximum Gasteiger partial charge on any atom is 0.262 e. The van der Waals surface area contributed by atoms with Gasteiger partial charge in [-0.3, -0.25) is 13.7 Å². The quantitative estimate of drug-likeness (QED) is 0.547. The van der Waals surface area contributed by atoms with Crippen LogP contribution in [0.5, 0.6) is 5.75 Å². The van der Waals surface area contributed by atoms with Gasteiger partial charge in [0.2, 0.25) is 5.91 Å². The molecule has 0 aromatic heterocycles. The first-order valence-corrected chi connectivity index (χ1v) is 10.1. The second-order valence-corrected chi connectivity index (χ2v) is 7.35. The van der Waals surface area contributed by atoms with Gasteiger partial charge in [-0.15, -0.1) is 0 Å². The van der Waals surface area contributed by atoms with E-state index >= 15 is 0 Å². The van der Waals surface area contributed by atoms with Crippen molar-refractivity contribution >= 4 is 28.5 Å². The van der Waals surface area contributed by atoms with E-state index in [1.807, 2.05) is 49.4 Å². The van der Waals surface area contributed by atoms with E-state index in [2.05, 4.69) is 5.32 Å². The van der Waals surface area contributed by atoms with Gasteiger partial charge >= 0.3 is 0 Å². The maximum absolute atomic E-state index is 12.3. The van der Waals surface area contributed by atoms with Crippen molar-refractivity contribution in [1.29, 1.82) is 0 Å². The minimum Gasteiger partial charge on any atom is -0.489 e. The van der Waals surface area contributed by atoms with Crippen LogP contribution in [0.4, 0.5) is 11.4 Å². The average Bonchev–Trinajstić information content (AvgIpc) is 2.73. The van der Waals surface area contributed by atoms with Crippen LogP contribution < -0.4 is 14.4 Å². The van der Waals surface area contributed by atoms with Gasteiger partial charge in [-0.25, -0.2) is 4.21 Å². The molecule has 29 heavy (non-hydrogen) atoms. The van der Waals surface area contributed by atoms with Gasteiger partial charge in [0.1, 0.15) is 18.9 Å². The highest BCUT2D eigenvalue weighted by Gasteiger charge is 2.16. The van der Waals surface area contributed by atoms with E-state index < -0.39 is 17.2 Å². The summed E-state index contributed by atoms with van der Waals surface area (Å²) in [5, 5.41) is 2.73. The molecule has 1 amide bonds. The number of carbonyl (C=O) groups is 1. The molecular weight excluding hydrogens is 388 g/mol. The zero-order chi connectivity index (χ0) is 20.6. The third-order valence-electron chi connectivity index (χ3n) is 4.18. The third kappa shape index (κ3) is 6.17. The molecule has 0 aliphatic carbocycles. The Balaban J connectivity index is 1.56.